The van der Waals surface area contributed by atoms with Crippen LogP contribution in [0.15, 0.2) is 11.6 Å². The Morgan fingerprint density at radius 3 is 2.25 bits per heavy atom. The van der Waals surface area contributed by atoms with Gasteiger partial charge in [0.1, 0.15) is 0 Å². The van der Waals surface area contributed by atoms with E-state index in [9.17, 15) is 0 Å². The lowest BCUT2D eigenvalue weighted by atomic mass is 9.96. The zero-order chi connectivity index (χ0) is 6.15. The lowest BCUT2D eigenvalue weighted by Crippen LogP contribution is -2.00. The quantitative estimate of drug-likeness (QED) is 0.420. The van der Waals surface area contributed by atoms with Crippen molar-refractivity contribution in [2.45, 2.75) is 27.2 Å². The summed E-state index contributed by atoms with van der Waals surface area (Å²) in [5.74, 6) is 1.74. The fraction of sp³-hybridized carbons (Fsp3) is 0.750. The molecule has 0 fully saturated rings. The van der Waals surface area contributed by atoms with E-state index >= 15 is 0 Å². The summed E-state index contributed by atoms with van der Waals surface area (Å²) < 4.78 is 0. The average molecular weight is 110 g/mol. The van der Waals surface area contributed by atoms with Gasteiger partial charge in [-0.2, -0.15) is 0 Å². The summed E-state index contributed by atoms with van der Waals surface area (Å²) >= 11 is 0. The first-order valence-electron chi connectivity index (χ1n) is 3.38. The molecule has 0 heterocycles. The summed E-state index contributed by atoms with van der Waals surface area (Å²) in [7, 11) is 0. The Bertz CT molecular complexity index is 111. The minimum atomic E-state index is 0.843. The molecule has 0 N–H and O–H groups in total. The molecule has 0 bridgehead atoms. The Hall–Kier alpha value is -0.260. The first kappa shape index (κ1) is 5.87. The van der Waals surface area contributed by atoms with E-state index in [2.05, 4.69) is 26.8 Å². The van der Waals surface area contributed by atoms with Gasteiger partial charge in [-0.05, 0) is 25.2 Å². The molecule has 0 saturated heterocycles. The van der Waals surface area contributed by atoms with Gasteiger partial charge in [0.05, 0.1) is 0 Å². The van der Waals surface area contributed by atoms with Crippen LogP contribution in [-0.2, 0) is 0 Å². The second kappa shape index (κ2) is 1.93. The van der Waals surface area contributed by atoms with E-state index in [-0.39, 0.29) is 0 Å². The average Bonchev–Trinajstić information content (AvgIpc) is 1.98. The Morgan fingerprint density at radius 1 is 1.50 bits per heavy atom. The minimum Gasteiger partial charge on any atom is -0.0850 e. The fourth-order valence-corrected chi connectivity index (χ4v) is 1.21. The molecule has 1 unspecified atom stereocenters. The minimum absolute atomic E-state index is 0.843. The Morgan fingerprint density at radius 2 is 2.12 bits per heavy atom. The van der Waals surface area contributed by atoms with Crippen LogP contribution in [0.3, 0.4) is 0 Å². The Balaban J connectivity index is 2.59. The molecular weight excluding hydrogens is 96.1 g/mol. The predicted octanol–water partition coefficient (Wildman–Crippen LogP) is 2.61. The first-order valence-corrected chi connectivity index (χ1v) is 3.38. The van der Waals surface area contributed by atoms with Gasteiger partial charge in [0, 0.05) is 0 Å². The maximum absolute atomic E-state index is 2.36. The van der Waals surface area contributed by atoms with Gasteiger partial charge in [0.25, 0.3) is 0 Å². The second-order valence-corrected chi connectivity index (χ2v) is 2.95. The van der Waals surface area contributed by atoms with Gasteiger partial charge < -0.3 is 0 Å². The van der Waals surface area contributed by atoms with E-state index in [1.165, 1.54) is 6.42 Å². The third-order valence-electron chi connectivity index (χ3n) is 2.38. The molecule has 2 atom stereocenters. The normalized spacial score (nSPS) is 37.6. The van der Waals surface area contributed by atoms with Crippen molar-refractivity contribution in [1.82, 2.24) is 0 Å². The van der Waals surface area contributed by atoms with Crippen LogP contribution in [-0.4, -0.2) is 0 Å². The SMILES string of the molecule is CC1=CCC(C)[C@@H]1C. The molecule has 0 aromatic rings. The third-order valence-corrected chi connectivity index (χ3v) is 2.38. The number of hydrogen-bond acceptors (Lipinski definition) is 0. The maximum atomic E-state index is 2.36. The van der Waals surface area contributed by atoms with Gasteiger partial charge >= 0.3 is 0 Å². The van der Waals surface area contributed by atoms with Crippen molar-refractivity contribution < 1.29 is 0 Å². The van der Waals surface area contributed by atoms with Crippen LogP contribution in [0.1, 0.15) is 27.2 Å². The van der Waals surface area contributed by atoms with Crippen LogP contribution in [0.5, 0.6) is 0 Å². The molecule has 0 nitrogen and oxygen atoms in total. The number of allylic oxidation sites excluding steroid dienone is 2. The Kier molecular flexibility index (Phi) is 1.41. The van der Waals surface area contributed by atoms with Crippen LogP contribution in [0.2, 0.25) is 0 Å². The molecule has 0 aromatic carbocycles. The standard InChI is InChI=1S/C8H14/c1-6-4-5-7(2)8(6)3/h4,7-8H,5H2,1-3H3/t7?,8-/m1/s1. The largest absolute Gasteiger partial charge is 0.0850 e. The van der Waals surface area contributed by atoms with E-state index in [4.69, 9.17) is 0 Å². The smallest absolute Gasteiger partial charge is 0.0206 e. The van der Waals surface area contributed by atoms with Crippen molar-refractivity contribution in [3.63, 3.8) is 0 Å². The van der Waals surface area contributed by atoms with E-state index in [1.54, 1.807) is 5.57 Å². The zero-order valence-electron chi connectivity index (χ0n) is 5.94. The second-order valence-electron chi connectivity index (χ2n) is 2.95. The van der Waals surface area contributed by atoms with Gasteiger partial charge in [-0.3, -0.25) is 0 Å². The first-order chi connectivity index (χ1) is 3.72. The molecule has 0 aliphatic heterocycles. The highest BCUT2D eigenvalue weighted by Crippen LogP contribution is 2.29. The van der Waals surface area contributed by atoms with Crippen molar-refractivity contribution in [2.24, 2.45) is 11.8 Å². The van der Waals surface area contributed by atoms with Crippen molar-refractivity contribution >= 4 is 0 Å². The highest BCUT2D eigenvalue weighted by Gasteiger charge is 2.17. The van der Waals surface area contributed by atoms with Crippen molar-refractivity contribution in [2.75, 3.05) is 0 Å². The topological polar surface area (TPSA) is 0 Å². The van der Waals surface area contributed by atoms with Crippen LogP contribution >= 0.6 is 0 Å². The van der Waals surface area contributed by atoms with Crippen LogP contribution in [0, 0.1) is 11.8 Å². The highest BCUT2D eigenvalue weighted by molar-refractivity contribution is 5.10. The molecular formula is C8H14. The van der Waals surface area contributed by atoms with Gasteiger partial charge in [-0.25, -0.2) is 0 Å². The fourth-order valence-electron chi connectivity index (χ4n) is 1.21. The molecule has 0 radical (unpaired) electrons. The van der Waals surface area contributed by atoms with E-state index < -0.39 is 0 Å². The molecule has 46 valence electrons. The molecule has 1 aliphatic carbocycles. The lowest BCUT2D eigenvalue weighted by molar-refractivity contribution is 0.482. The summed E-state index contributed by atoms with van der Waals surface area (Å²) in [6.07, 6.45) is 3.66. The molecule has 0 aromatic heterocycles. The summed E-state index contributed by atoms with van der Waals surface area (Å²) in [6, 6.07) is 0. The van der Waals surface area contributed by atoms with Gasteiger partial charge in [0.15, 0.2) is 0 Å². The van der Waals surface area contributed by atoms with Crippen LogP contribution < -0.4 is 0 Å². The summed E-state index contributed by atoms with van der Waals surface area (Å²) in [5.41, 5.74) is 1.58. The molecule has 8 heavy (non-hydrogen) atoms. The monoisotopic (exact) mass is 110 g/mol. The molecule has 0 amide bonds. The van der Waals surface area contributed by atoms with Crippen LogP contribution in [0.25, 0.3) is 0 Å². The van der Waals surface area contributed by atoms with Crippen molar-refractivity contribution in [3.8, 4) is 0 Å². The van der Waals surface area contributed by atoms with Crippen LogP contribution in [0.4, 0.5) is 0 Å². The molecule has 0 saturated carbocycles. The maximum Gasteiger partial charge on any atom is -0.0206 e. The third kappa shape index (κ3) is 0.795. The predicted molar refractivity (Wildman–Crippen MR) is 36.7 cm³/mol. The zero-order valence-corrected chi connectivity index (χ0v) is 5.94. The van der Waals surface area contributed by atoms with Gasteiger partial charge in [0.2, 0.25) is 0 Å². The summed E-state index contributed by atoms with van der Waals surface area (Å²) in [6.45, 7) is 6.86. The van der Waals surface area contributed by atoms with E-state index in [0.29, 0.717) is 0 Å². The molecule has 1 rings (SSSR count). The van der Waals surface area contributed by atoms with Gasteiger partial charge in [-0.15, -0.1) is 0 Å². The molecule has 0 heteroatoms. The summed E-state index contributed by atoms with van der Waals surface area (Å²) in [5, 5.41) is 0. The number of hydrogen-bond donors (Lipinski definition) is 0. The highest BCUT2D eigenvalue weighted by atomic mass is 14.2. The van der Waals surface area contributed by atoms with Gasteiger partial charge in [-0.1, -0.05) is 25.5 Å². The Labute approximate surface area is 51.6 Å². The van der Waals surface area contributed by atoms with E-state index in [0.717, 1.165) is 11.8 Å². The lowest BCUT2D eigenvalue weighted by Gasteiger charge is -2.09. The number of rotatable bonds is 0. The van der Waals surface area contributed by atoms with Crippen molar-refractivity contribution in [3.05, 3.63) is 11.6 Å². The van der Waals surface area contributed by atoms with Crippen molar-refractivity contribution in [1.29, 1.82) is 0 Å². The molecule has 0 spiro atoms. The van der Waals surface area contributed by atoms with E-state index in [1.807, 2.05) is 0 Å². The molecule has 1 aliphatic rings. The summed E-state index contributed by atoms with van der Waals surface area (Å²) in [4.78, 5) is 0.